The van der Waals surface area contributed by atoms with Crippen LogP contribution < -0.4 is 10.6 Å². The summed E-state index contributed by atoms with van der Waals surface area (Å²) >= 11 is 5.63. The van der Waals surface area contributed by atoms with Gasteiger partial charge in [0.25, 0.3) is 0 Å². The molecule has 0 aromatic heterocycles. The summed E-state index contributed by atoms with van der Waals surface area (Å²) in [6.07, 6.45) is 3.50. The van der Waals surface area contributed by atoms with Gasteiger partial charge >= 0.3 is 0 Å². The molecule has 0 aromatic rings. The minimum atomic E-state index is -0.724. The van der Waals surface area contributed by atoms with Gasteiger partial charge in [-0.05, 0) is 37.7 Å². The number of carbonyl (C=O) groups excluding carboxylic acids is 5. The number of hydrogen-bond acceptors (Lipinski definition) is 7. The molecular formula is C22H38N2O5S2. The van der Waals surface area contributed by atoms with E-state index in [1.807, 2.05) is 0 Å². The van der Waals surface area contributed by atoms with Crippen LogP contribution in [0.2, 0.25) is 0 Å². The summed E-state index contributed by atoms with van der Waals surface area (Å²) in [6.45, 7) is 4.92. The Morgan fingerprint density at radius 2 is 1.68 bits per heavy atom. The zero-order valence-electron chi connectivity index (χ0n) is 19.9. The van der Waals surface area contributed by atoms with Crippen LogP contribution in [0.25, 0.3) is 0 Å². The fourth-order valence-electron chi connectivity index (χ4n) is 2.77. The van der Waals surface area contributed by atoms with Gasteiger partial charge in [0.05, 0.1) is 11.9 Å². The minimum absolute atomic E-state index is 0.00630. The smallest absolute Gasteiger partial charge is 0.223 e. The molecule has 178 valence electrons. The Hall–Kier alpha value is -1.35. The third-order valence-corrected chi connectivity index (χ3v) is 6.05. The number of thioether (sulfide) groups is 1. The van der Waals surface area contributed by atoms with Gasteiger partial charge in [0, 0.05) is 37.5 Å². The van der Waals surface area contributed by atoms with E-state index in [0.717, 1.165) is 18.6 Å². The number of unbranched alkanes of at least 4 members (excludes halogenated alkanes) is 2. The lowest BCUT2D eigenvalue weighted by atomic mass is 9.98. The Balaban J connectivity index is 4.12. The average Bonchev–Trinajstić information content (AvgIpc) is 2.73. The average molecular weight is 476 g/mol. The molecule has 0 fully saturated rings. The van der Waals surface area contributed by atoms with Crippen molar-refractivity contribution in [3.63, 3.8) is 0 Å². The maximum Gasteiger partial charge on any atom is 0.223 e. The summed E-state index contributed by atoms with van der Waals surface area (Å²) in [4.78, 5) is 59.2. The Bertz CT molecular complexity index is 633. The molecule has 0 unspecified atom stereocenters. The summed E-state index contributed by atoms with van der Waals surface area (Å²) in [6, 6.07) is -0.724. The molecule has 2 N–H and O–H groups in total. The van der Waals surface area contributed by atoms with Crippen molar-refractivity contribution in [2.45, 2.75) is 78.2 Å². The van der Waals surface area contributed by atoms with Crippen LogP contribution in [0.1, 0.15) is 73.5 Å². The topological polar surface area (TPSA) is 109 Å². The van der Waals surface area contributed by atoms with Crippen molar-refractivity contribution in [1.82, 2.24) is 10.6 Å². The van der Waals surface area contributed by atoms with Gasteiger partial charge in [-0.3, -0.25) is 19.2 Å². The van der Waals surface area contributed by atoms with E-state index in [4.69, 9.17) is 1.37 Å². The van der Waals surface area contributed by atoms with Crippen LogP contribution in [0.3, 0.4) is 0 Å². The first-order valence-corrected chi connectivity index (χ1v) is 12.7. The number of carbonyl (C=O) groups is 5. The molecule has 0 spiro atoms. The van der Waals surface area contributed by atoms with Crippen LogP contribution in [-0.4, -0.2) is 53.1 Å². The molecule has 0 rings (SSSR count). The zero-order chi connectivity index (χ0) is 24.5. The van der Waals surface area contributed by atoms with Gasteiger partial charge in [-0.25, -0.2) is 0 Å². The molecule has 0 aromatic carbocycles. The second-order valence-electron chi connectivity index (χ2n) is 7.82. The Kier molecular flexibility index (Phi) is 16.3. The van der Waals surface area contributed by atoms with Crippen LogP contribution in [-0.2, 0) is 24.0 Å². The molecule has 3 atom stereocenters. The SMILES string of the molecule is [2H]C(=O)CCCCCSCNC(=O)[C@H](C)CC(=O)[C@@H](C)NC(=O)[C@H](C)CC(=O)CCCS. The summed E-state index contributed by atoms with van der Waals surface area (Å²) in [5.41, 5.74) is 0. The van der Waals surface area contributed by atoms with Crippen molar-refractivity contribution in [1.29, 1.82) is 0 Å². The molecule has 2 amide bonds. The Morgan fingerprint density at radius 3 is 2.32 bits per heavy atom. The monoisotopic (exact) mass is 475 g/mol. The van der Waals surface area contributed by atoms with Crippen LogP contribution >= 0.6 is 24.4 Å². The number of ketones is 2. The third-order valence-electron chi connectivity index (χ3n) is 4.81. The van der Waals surface area contributed by atoms with Gasteiger partial charge in [0.1, 0.15) is 13.4 Å². The highest BCUT2D eigenvalue weighted by Gasteiger charge is 2.24. The lowest BCUT2D eigenvalue weighted by Gasteiger charge is -2.18. The van der Waals surface area contributed by atoms with E-state index in [0.29, 0.717) is 37.3 Å². The van der Waals surface area contributed by atoms with Gasteiger partial charge < -0.3 is 15.4 Å². The molecule has 0 saturated carbocycles. The Morgan fingerprint density at radius 1 is 1.00 bits per heavy atom. The molecule has 0 saturated heterocycles. The quantitative estimate of drug-likeness (QED) is 0.115. The fraction of sp³-hybridized carbons (Fsp3) is 0.773. The second kappa shape index (κ2) is 18.2. The molecule has 0 bridgehead atoms. The van der Waals surface area contributed by atoms with E-state index >= 15 is 0 Å². The first kappa shape index (κ1) is 27.7. The van der Waals surface area contributed by atoms with Gasteiger partial charge in [0.15, 0.2) is 5.78 Å². The van der Waals surface area contributed by atoms with E-state index in [9.17, 15) is 24.0 Å². The van der Waals surface area contributed by atoms with Crippen molar-refractivity contribution in [2.24, 2.45) is 11.8 Å². The summed E-state index contributed by atoms with van der Waals surface area (Å²) in [5.74, 6) is 0.112. The van der Waals surface area contributed by atoms with Gasteiger partial charge in [-0.1, -0.05) is 20.3 Å². The highest BCUT2D eigenvalue weighted by atomic mass is 32.2. The number of aldehydes is 1. The van der Waals surface area contributed by atoms with E-state index in [-0.39, 0.29) is 36.2 Å². The van der Waals surface area contributed by atoms with Crippen LogP contribution in [0.5, 0.6) is 0 Å². The highest BCUT2D eigenvalue weighted by molar-refractivity contribution is 7.99. The standard InChI is InChI=1S/C22H38N2O5S2/c1-16(13-19(26)9-8-11-30)22(29)24-18(3)20(27)14-17(2)21(28)23-15-31-12-7-5-4-6-10-25/h10,16-18,30H,4-9,11-15H2,1-3H3,(H,23,28)(H,24,29)/t16-,17-,18-/m1/s1/i10D. The van der Waals surface area contributed by atoms with Crippen molar-refractivity contribution >= 4 is 54.0 Å². The molecule has 31 heavy (non-hydrogen) atoms. The van der Waals surface area contributed by atoms with Crippen molar-refractivity contribution in [3.05, 3.63) is 0 Å². The van der Waals surface area contributed by atoms with Gasteiger partial charge in [-0.15, -0.1) is 11.8 Å². The maximum absolute atomic E-state index is 12.4. The minimum Gasteiger partial charge on any atom is -0.347 e. The van der Waals surface area contributed by atoms with Gasteiger partial charge in [-0.2, -0.15) is 12.6 Å². The molecule has 0 aliphatic carbocycles. The largest absolute Gasteiger partial charge is 0.347 e. The number of Topliss-reactive ketones (excluding diaryl/α,β-unsaturated/α-hetero) is 2. The van der Waals surface area contributed by atoms with Crippen molar-refractivity contribution < 1.29 is 25.3 Å². The maximum atomic E-state index is 12.4. The number of hydrogen-bond donors (Lipinski definition) is 3. The van der Waals surface area contributed by atoms with Crippen LogP contribution in [0.4, 0.5) is 0 Å². The number of nitrogens with one attached hydrogen (secondary N) is 2. The molecule has 7 nitrogen and oxygen atoms in total. The predicted molar refractivity (Wildman–Crippen MR) is 128 cm³/mol. The van der Waals surface area contributed by atoms with Crippen LogP contribution in [0.15, 0.2) is 0 Å². The lowest BCUT2D eigenvalue weighted by molar-refractivity contribution is -0.133. The van der Waals surface area contributed by atoms with Crippen LogP contribution in [0, 0.1) is 11.8 Å². The lowest BCUT2D eigenvalue weighted by Crippen LogP contribution is -2.43. The molecule has 0 aliphatic heterocycles. The van der Waals surface area contributed by atoms with E-state index in [1.165, 1.54) is 0 Å². The fourth-order valence-corrected chi connectivity index (χ4v) is 3.72. The Labute approximate surface area is 197 Å². The van der Waals surface area contributed by atoms with Gasteiger partial charge in [0.2, 0.25) is 11.8 Å². The van der Waals surface area contributed by atoms with E-state index in [2.05, 4.69) is 23.3 Å². The summed E-state index contributed by atoms with van der Waals surface area (Å²) < 4.78 is 6.83. The summed E-state index contributed by atoms with van der Waals surface area (Å²) in [7, 11) is 0. The van der Waals surface area contributed by atoms with Crippen molar-refractivity contribution in [2.75, 3.05) is 17.4 Å². The number of amides is 2. The molecule has 0 heterocycles. The molecule has 0 aliphatic rings. The molecule has 0 radical (unpaired) electrons. The number of thiol groups is 1. The number of rotatable bonds is 19. The second-order valence-corrected chi connectivity index (χ2v) is 9.37. The summed E-state index contributed by atoms with van der Waals surface area (Å²) in [5, 5.41) is 5.43. The normalized spacial score (nSPS) is 14.1. The molecule has 9 heteroatoms. The first-order valence-electron chi connectivity index (χ1n) is 11.4. The van der Waals surface area contributed by atoms with E-state index in [1.54, 1.807) is 32.5 Å². The van der Waals surface area contributed by atoms with Crippen molar-refractivity contribution in [3.8, 4) is 0 Å². The van der Waals surface area contributed by atoms with E-state index < -0.39 is 24.1 Å². The highest BCUT2D eigenvalue weighted by Crippen LogP contribution is 2.10. The predicted octanol–water partition coefficient (Wildman–Crippen LogP) is 2.96. The zero-order valence-corrected chi connectivity index (χ0v) is 20.6. The third kappa shape index (κ3) is 15.1. The molecular weight excluding hydrogens is 436 g/mol. The first-order chi connectivity index (χ1) is 15.1.